The van der Waals surface area contributed by atoms with Gasteiger partial charge in [0.1, 0.15) is 0 Å². The van der Waals surface area contributed by atoms with Crippen LogP contribution in [-0.4, -0.2) is 6.16 Å². The zero-order valence-corrected chi connectivity index (χ0v) is 9.26. The van der Waals surface area contributed by atoms with E-state index in [1.165, 1.54) is 44.7 Å². The second-order valence-electron chi connectivity index (χ2n) is 3.53. The Balaban J connectivity index is 3.02. The van der Waals surface area contributed by atoms with Crippen molar-refractivity contribution in [3.63, 3.8) is 0 Å². The summed E-state index contributed by atoms with van der Waals surface area (Å²) in [6.07, 6.45) is 9.75. The van der Waals surface area contributed by atoms with Crippen molar-refractivity contribution in [1.82, 2.24) is 0 Å². The SMILES string of the molecule is CCCCCC(C)CCCP. The third kappa shape index (κ3) is 8.34. The lowest BCUT2D eigenvalue weighted by Crippen LogP contribution is -1.94. The molecule has 11 heavy (non-hydrogen) atoms. The molecule has 0 aliphatic carbocycles. The molecule has 0 aromatic heterocycles. The Morgan fingerprint density at radius 2 is 1.73 bits per heavy atom. The van der Waals surface area contributed by atoms with Gasteiger partial charge in [-0.15, -0.1) is 9.24 Å². The molecule has 0 aromatic carbocycles. The molecule has 2 atom stereocenters. The van der Waals surface area contributed by atoms with E-state index < -0.39 is 0 Å². The molecule has 0 saturated heterocycles. The summed E-state index contributed by atoms with van der Waals surface area (Å²) in [6.45, 7) is 4.66. The van der Waals surface area contributed by atoms with Crippen LogP contribution in [0.3, 0.4) is 0 Å². The second kappa shape index (κ2) is 8.53. The first-order chi connectivity index (χ1) is 5.31. The summed E-state index contributed by atoms with van der Waals surface area (Å²) in [7, 11) is 2.80. The fourth-order valence-corrected chi connectivity index (χ4v) is 1.59. The predicted molar refractivity (Wildman–Crippen MR) is 57.1 cm³/mol. The van der Waals surface area contributed by atoms with E-state index in [4.69, 9.17) is 0 Å². The van der Waals surface area contributed by atoms with Gasteiger partial charge in [0.25, 0.3) is 0 Å². The monoisotopic (exact) mass is 174 g/mol. The molecule has 0 fully saturated rings. The molecule has 2 unspecified atom stereocenters. The molecule has 0 nitrogen and oxygen atoms in total. The Morgan fingerprint density at radius 3 is 2.27 bits per heavy atom. The fraction of sp³-hybridized carbons (Fsp3) is 1.00. The van der Waals surface area contributed by atoms with E-state index in [-0.39, 0.29) is 0 Å². The second-order valence-corrected chi connectivity index (χ2v) is 4.11. The van der Waals surface area contributed by atoms with Crippen molar-refractivity contribution in [2.75, 3.05) is 6.16 Å². The molecule has 68 valence electrons. The predicted octanol–water partition coefficient (Wildman–Crippen LogP) is 3.86. The Kier molecular flexibility index (Phi) is 8.86. The van der Waals surface area contributed by atoms with Crippen LogP contribution >= 0.6 is 9.24 Å². The van der Waals surface area contributed by atoms with Crippen LogP contribution in [0, 0.1) is 5.92 Å². The molecule has 0 rings (SSSR count). The molecular weight excluding hydrogens is 151 g/mol. The van der Waals surface area contributed by atoms with E-state index in [0.717, 1.165) is 5.92 Å². The molecular formula is C10H23P. The van der Waals surface area contributed by atoms with Gasteiger partial charge in [0, 0.05) is 0 Å². The molecule has 0 aliphatic rings. The highest BCUT2D eigenvalue weighted by atomic mass is 31.0. The first-order valence-corrected chi connectivity index (χ1v) is 5.83. The van der Waals surface area contributed by atoms with Gasteiger partial charge in [-0.05, 0) is 18.5 Å². The molecule has 0 bridgehead atoms. The van der Waals surface area contributed by atoms with Crippen molar-refractivity contribution in [3.8, 4) is 0 Å². The maximum Gasteiger partial charge on any atom is -0.0381 e. The topological polar surface area (TPSA) is 0 Å². The fourth-order valence-electron chi connectivity index (χ4n) is 1.35. The minimum atomic E-state index is 0.960. The Bertz CT molecular complexity index is 71.3. The summed E-state index contributed by atoms with van der Waals surface area (Å²) >= 11 is 0. The third-order valence-corrected chi connectivity index (χ3v) is 2.61. The summed E-state index contributed by atoms with van der Waals surface area (Å²) in [5.41, 5.74) is 0. The van der Waals surface area contributed by atoms with Crippen molar-refractivity contribution in [3.05, 3.63) is 0 Å². The van der Waals surface area contributed by atoms with Gasteiger partial charge in [-0.25, -0.2) is 0 Å². The van der Waals surface area contributed by atoms with Crippen LogP contribution in [0.5, 0.6) is 0 Å². The van der Waals surface area contributed by atoms with Crippen LogP contribution < -0.4 is 0 Å². The molecule has 0 radical (unpaired) electrons. The maximum absolute atomic E-state index is 2.80. The van der Waals surface area contributed by atoms with E-state index in [9.17, 15) is 0 Å². The Labute approximate surface area is 74.4 Å². The summed E-state index contributed by atoms with van der Waals surface area (Å²) in [4.78, 5) is 0. The number of rotatable bonds is 7. The summed E-state index contributed by atoms with van der Waals surface area (Å²) < 4.78 is 0. The zero-order chi connectivity index (χ0) is 8.53. The van der Waals surface area contributed by atoms with Crippen LogP contribution in [-0.2, 0) is 0 Å². The van der Waals surface area contributed by atoms with Gasteiger partial charge in [0.2, 0.25) is 0 Å². The van der Waals surface area contributed by atoms with E-state index in [0.29, 0.717) is 0 Å². The van der Waals surface area contributed by atoms with E-state index in [1.807, 2.05) is 0 Å². The zero-order valence-electron chi connectivity index (χ0n) is 8.10. The normalized spacial score (nSPS) is 13.4. The van der Waals surface area contributed by atoms with Gasteiger partial charge in [-0.1, -0.05) is 46.0 Å². The highest BCUT2D eigenvalue weighted by Gasteiger charge is 1.99. The molecule has 0 spiro atoms. The largest absolute Gasteiger partial charge is 0.138 e. The van der Waals surface area contributed by atoms with E-state index in [2.05, 4.69) is 23.1 Å². The molecule has 1 heteroatoms. The summed E-state index contributed by atoms with van der Waals surface area (Å²) in [6, 6.07) is 0. The molecule has 0 amide bonds. The van der Waals surface area contributed by atoms with Gasteiger partial charge < -0.3 is 0 Å². The quantitative estimate of drug-likeness (QED) is 0.406. The first kappa shape index (κ1) is 11.4. The van der Waals surface area contributed by atoms with Gasteiger partial charge in [0.05, 0.1) is 0 Å². The Morgan fingerprint density at radius 1 is 1.09 bits per heavy atom. The maximum atomic E-state index is 2.80. The lowest BCUT2D eigenvalue weighted by molar-refractivity contribution is 0.461. The van der Waals surface area contributed by atoms with Crippen molar-refractivity contribution >= 4 is 9.24 Å². The van der Waals surface area contributed by atoms with Crippen LogP contribution in [0.25, 0.3) is 0 Å². The van der Waals surface area contributed by atoms with Gasteiger partial charge in [-0.2, -0.15) is 0 Å². The Hall–Kier alpha value is 0.430. The number of hydrogen-bond donors (Lipinski definition) is 0. The van der Waals surface area contributed by atoms with Crippen LogP contribution in [0.1, 0.15) is 52.4 Å². The smallest absolute Gasteiger partial charge is 0.0381 e. The highest BCUT2D eigenvalue weighted by Crippen LogP contribution is 2.15. The molecule has 0 aliphatic heterocycles. The summed E-state index contributed by atoms with van der Waals surface area (Å²) in [5.74, 6) is 0.960. The van der Waals surface area contributed by atoms with E-state index >= 15 is 0 Å². The van der Waals surface area contributed by atoms with Crippen LogP contribution in [0.4, 0.5) is 0 Å². The average molecular weight is 174 g/mol. The number of hydrogen-bond acceptors (Lipinski definition) is 0. The average Bonchev–Trinajstić information content (AvgIpc) is 2.01. The minimum absolute atomic E-state index is 0.960. The minimum Gasteiger partial charge on any atom is -0.138 e. The lowest BCUT2D eigenvalue weighted by Gasteiger charge is -2.09. The molecule has 0 heterocycles. The van der Waals surface area contributed by atoms with Gasteiger partial charge >= 0.3 is 0 Å². The van der Waals surface area contributed by atoms with Gasteiger partial charge in [0.15, 0.2) is 0 Å². The standard InChI is InChI=1S/C10H23P/c1-3-4-5-7-10(2)8-6-9-11/h10H,3-9,11H2,1-2H3. The van der Waals surface area contributed by atoms with E-state index in [1.54, 1.807) is 0 Å². The van der Waals surface area contributed by atoms with Crippen LogP contribution in [0.2, 0.25) is 0 Å². The van der Waals surface area contributed by atoms with Crippen molar-refractivity contribution in [1.29, 1.82) is 0 Å². The first-order valence-electron chi connectivity index (χ1n) is 5.01. The van der Waals surface area contributed by atoms with Gasteiger partial charge in [-0.3, -0.25) is 0 Å². The third-order valence-electron chi connectivity index (χ3n) is 2.20. The molecule has 0 saturated carbocycles. The van der Waals surface area contributed by atoms with Crippen molar-refractivity contribution in [2.24, 2.45) is 5.92 Å². The molecule has 0 N–H and O–H groups in total. The number of unbranched alkanes of at least 4 members (excludes halogenated alkanes) is 2. The lowest BCUT2D eigenvalue weighted by atomic mass is 9.99. The van der Waals surface area contributed by atoms with Crippen LogP contribution in [0.15, 0.2) is 0 Å². The molecule has 0 aromatic rings. The summed E-state index contributed by atoms with van der Waals surface area (Å²) in [5, 5.41) is 0. The van der Waals surface area contributed by atoms with Crippen molar-refractivity contribution < 1.29 is 0 Å². The van der Waals surface area contributed by atoms with Crippen molar-refractivity contribution in [2.45, 2.75) is 52.4 Å². The highest BCUT2D eigenvalue weighted by molar-refractivity contribution is 7.16.